The third-order valence-corrected chi connectivity index (χ3v) is 3.81. The second-order valence-corrected chi connectivity index (χ2v) is 5.04. The van der Waals surface area contributed by atoms with Crippen molar-refractivity contribution < 1.29 is 4.79 Å². The molecule has 1 aliphatic rings. The Kier molecular flexibility index (Phi) is 6.80. The molecule has 1 aliphatic heterocycles. The van der Waals surface area contributed by atoms with E-state index in [1.807, 2.05) is 0 Å². The van der Waals surface area contributed by atoms with E-state index in [-0.39, 0.29) is 5.91 Å². The molecule has 1 saturated heterocycles. The first-order valence-electron chi connectivity index (χ1n) is 5.62. The van der Waals surface area contributed by atoms with E-state index in [1.54, 1.807) is 11.8 Å². The van der Waals surface area contributed by atoms with Crippen LogP contribution in [0.25, 0.3) is 0 Å². The highest BCUT2D eigenvalue weighted by atomic mass is 32.2. The van der Waals surface area contributed by atoms with Crippen molar-refractivity contribution in [1.29, 1.82) is 0 Å². The van der Waals surface area contributed by atoms with Crippen molar-refractivity contribution in [2.24, 2.45) is 5.73 Å². The summed E-state index contributed by atoms with van der Waals surface area (Å²) in [4.78, 5) is 11.4. The van der Waals surface area contributed by atoms with E-state index >= 15 is 0 Å². The number of rotatable bonds is 6. The molecule has 0 aromatic rings. The molecule has 88 valence electrons. The van der Waals surface area contributed by atoms with E-state index in [4.69, 9.17) is 5.73 Å². The van der Waals surface area contributed by atoms with Crippen LogP contribution in [0.5, 0.6) is 0 Å². The Morgan fingerprint density at radius 3 is 2.87 bits per heavy atom. The first-order valence-corrected chi connectivity index (χ1v) is 6.67. The molecule has 1 amide bonds. The normalized spacial score (nSPS) is 17.7. The smallest absolute Gasteiger partial charge is 0.230 e. The summed E-state index contributed by atoms with van der Waals surface area (Å²) >= 11 is 1.78. The first kappa shape index (κ1) is 12.8. The molecule has 0 radical (unpaired) electrons. The topological polar surface area (TPSA) is 67.1 Å². The van der Waals surface area contributed by atoms with Gasteiger partial charge in [-0.1, -0.05) is 0 Å². The molecule has 0 saturated carbocycles. The van der Waals surface area contributed by atoms with Crippen molar-refractivity contribution in [1.82, 2.24) is 10.6 Å². The molecule has 0 aromatic heterocycles. The minimum absolute atomic E-state index is 0.145. The Labute approximate surface area is 95.7 Å². The second-order valence-electron chi connectivity index (χ2n) is 3.75. The Morgan fingerprint density at radius 1 is 1.47 bits per heavy atom. The van der Waals surface area contributed by atoms with Crippen molar-refractivity contribution in [3.05, 3.63) is 0 Å². The van der Waals surface area contributed by atoms with Crippen molar-refractivity contribution in [2.45, 2.75) is 24.5 Å². The van der Waals surface area contributed by atoms with Crippen LogP contribution in [0.3, 0.4) is 0 Å². The molecule has 0 bridgehead atoms. The maximum atomic E-state index is 11.4. The van der Waals surface area contributed by atoms with Gasteiger partial charge in [-0.3, -0.25) is 4.79 Å². The summed E-state index contributed by atoms with van der Waals surface area (Å²) in [5.41, 5.74) is 5.34. The molecule has 1 rings (SSSR count). The Balaban J connectivity index is 2.00. The van der Waals surface area contributed by atoms with Gasteiger partial charge in [0.25, 0.3) is 0 Å². The number of hydrogen-bond acceptors (Lipinski definition) is 4. The van der Waals surface area contributed by atoms with Gasteiger partial charge >= 0.3 is 0 Å². The van der Waals surface area contributed by atoms with Crippen LogP contribution >= 0.6 is 11.8 Å². The van der Waals surface area contributed by atoms with E-state index in [0.29, 0.717) is 24.1 Å². The van der Waals surface area contributed by atoms with Crippen LogP contribution < -0.4 is 16.4 Å². The minimum atomic E-state index is 0.145. The zero-order valence-corrected chi connectivity index (χ0v) is 9.94. The summed E-state index contributed by atoms with van der Waals surface area (Å²) in [6, 6.07) is 0. The van der Waals surface area contributed by atoms with Crippen LogP contribution in [-0.2, 0) is 4.79 Å². The SMILES string of the molecule is NCCCNC(=O)CSC1CCNCC1. The van der Waals surface area contributed by atoms with Crippen molar-refractivity contribution >= 4 is 17.7 Å². The average Bonchev–Trinajstić information content (AvgIpc) is 2.28. The van der Waals surface area contributed by atoms with Crippen molar-refractivity contribution in [2.75, 3.05) is 31.9 Å². The van der Waals surface area contributed by atoms with Crippen LogP contribution in [0.2, 0.25) is 0 Å². The maximum absolute atomic E-state index is 11.4. The molecule has 1 fully saturated rings. The number of nitrogens with two attached hydrogens (primary N) is 1. The van der Waals surface area contributed by atoms with Crippen LogP contribution in [-0.4, -0.2) is 43.1 Å². The Morgan fingerprint density at radius 2 is 2.20 bits per heavy atom. The van der Waals surface area contributed by atoms with E-state index in [0.717, 1.165) is 19.5 Å². The second kappa shape index (κ2) is 7.96. The highest BCUT2D eigenvalue weighted by molar-refractivity contribution is 8.00. The van der Waals surface area contributed by atoms with Gasteiger partial charge in [0.05, 0.1) is 5.75 Å². The van der Waals surface area contributed by atoms with E-state index in [2.05, 4.69) is 10.6 Å². The number of carbonyl (C=O) groups is 1. The zero-order chi connectivity index (χ0) is 10.9. The van der Waals surface area contributed by atoms with Gasteiger partial charge in [0.2, 0.25) is 5.91 Å². The molecular formula is C10H21N3OS. The lowest BCUT2D eigenvalue weighted by Crippen LogP contribution is -2.32. The Bertz CT molecular complexity index is 184. The van der Waals surface area contributed by atoms with Crippen LogP contribution in [0.4, 0.5) is 0 Å². The molecule has 15 heavy (non-hydrogen) atoms. The van der Waals surface area contributed by atoms with Crippen molar-refractivity contribution in [3.8, 4) is 0 Å². The number of piperidine rings is 1. The summed E-state index contributed by atoms with van der Waals surface area (Å²) in [5, 5.41) is 6.84. The van der Waals surface area contributed by atoms with Crippen LogP contribution in [0.1, 0.15) is 19.3 Å². The molecule has 5 heteroatoms. The van der Waals surface area contributed by atoms with Crippen LogP contribution in [0, 0.1) is 0 Å². The first-order chi connectivity index (χ1) is 7.33. The van der Waals surface area contributed by atoms with Gasteiger partial charge in [-0.25, -0.2) is 0 Å². The summed E-state index contributed by atoms with van der Waals surface area (Å²) in [7, 11) is 0. The summed E-state index contributed by atoms with van der Waals surface area (Å²) in [6.45, 7) is 3.53. The molecule has 0 unspecified atom stereocenters. The summed E-state index contributed by atoms with van der Waals surface area (Å²) < 4.78 is 0. The lowest BCUT2D eigenvalue weighted by Gasteiger charge is -2.21. The van der Waals surface area contributed by atoms with E-state index in [1.165, 1.54) is 12.8 Å². The monoisotopic (exact) mass is 231 g/mol. The number of thioether (sulfide) groups is 1. The molecule has 0 aromatic carbocycles. The summed E-state index contributed by atoms with van der Waals surface area (Å²) in [6.07, 6.45) is 3.23. The molecular weight excluding hydrogens is 210 g/mol. The van der Waals surface area contributed by atoms with Gasteiger partial charge in [-0.2, -0.15) is 0 Å². The number of nitrogens with one attached hydrogen (secondary N) is 2. The predicted octanol–water partition coefficient (Wildman–Crippen LogP) is -0.0634. The fourth-order valence-electron chi connectivity index (χ4n) is 1.54. The standard InChI is InChI=1S/C10H21N3OS/c11-4-1-5-13-10(14)8-15-9-2-6-12-7-3-9/h9,12H,1-8,11H2,(H,13,14). The number of hydrogen-bond donors (Lipinski definition) is 3. The molecule has 0 aliphatic carbocycles. The third kappa shape index (κ3) is 6.02. The zero-order valence-electron chi connectivity index (χ0n) is 9.13. The maximum Gasteiger partial charge on any atom is 0.230 e. The van der Waals surface area contributed by atoms with Gasteiger partial charge < -0.3 is 16.4 Å². The molecule has 0 spiro atoms. The molecule has 4 N–H and O–H groups in total. The Hall–Kier alpha value is -0.260. The predicted molar refractivity (Wildman–Crippen MR) is 65.0 cm³/mol. The van der Waals surface area contributed by atoms with Crippen molar-refractivity contribution in [3.63, 3.8) is 0 Å². The fourth-order valence-corrected chi connectivity index (χ4v) is 2.59. The van der Waals surface area contributed by atoms with E-state index < -0.39 is 0 Å². The van der Waals surface area contributed by atoms with Gasteiger partial charge in [0.1, 0.15) is 0 Å². The quantitative estimate of drug-likeness (QED) is 0.560. The van der Waals surface area contributed by atoms with E-state index in [9.17, 15) is 4.79 Å². The lowest BCUT2D eigenvalue weighted by molar-refractivity contribution is -0.118. The van der Waals surface area contributed by atoms with Gasteiger partial charge in [-0.15, -0.1) is 11.8 Å². The lowest BCUT2D eigenvalue weighted by atomic mass is 10.2. The van der Waals surface area contributed by atoms with Gasteiger partial charge in [0.15, 0.2) is 0 Å². The third-order valence-electron chi connectivity index (χ3n) is 2.44. The van der Waals surface area contributed by atoms with Crippen LogP contribution in [0.15, 0.2) is 0 Å². The van der Waals surface area contributed by atoms with Gasteiger partial charge in [0, 0.05) is 11.8 Å². The molecule has 0 atom stereocenters. The minimum Gasteiger partial charge on any atom is -0.355 e. The van der Waals surface area contributed by atoms with Gasteiger partial charge in [-0.05, 0) is 38.9 Å². The summed E-state index contributed by atoms with van der Waals surface area (Å²) in [5.74, 6) is 0.738. The fraction of sp³-hybridized carbons (Fsp3) is 0.900. The largest absolute Gasteiger partial charge is 0.355 e. The number of carbonyl (C=O) groups excluding carboxylic acids is 1. The average molecular weight is 231 g/mol. The highest BCUT2D eigenvalue weighted by Gasteiger charge is 2.14. The number of amides is 1. The highest BCUT2D eigenvalue weighted by Crippen LogP contribution is 2.19. The molecule has 4 nitrogen and oxygen atoms in total. The molecule has 1 heterocycles.